The van der Waals surface area contributed by atoms with Crippen LogP contribution in [-0.2, 0) is 9.59 Å². The molecule has 0 radical (unpaired) electrons. The second-order valence-corrected chi connectivity index (χ2v) is 8.45. The van der Waals surface area contributed by atoms with Crippen LogP contribution in [0.3, 0.4) is 0 Å². The van der Waals surface area contributed by atoms with Gasteiger partial charge < -0.3 is 14.9 Å². The number of likely N-dealkylation sites (N-methyl/N-ethyl adjacent to an activating group) is 1. The van der Waals surface area contributed by atoms with Crippen molar-refractivity contribution in [1.82, 2.24) is 14.7 Å². The third-order valence-electron chi connectivity index (χ3n) is 6.72. The zero-order chi connectivity index (χ0) is 19.4. The number of amides is 2. The first kappa shape index (κ1) is 20.3. The fourth-order valence-electron chi connectivity index (χ4n) is 5.07. The molecule has 6 heteroatoms. The van der Waals surface area contributed by atoms with Crippen LogP contribution in [0.15, 0.2) is 12.2 Å². The highest BCUT2D eigenvalue weighted by molar-refractivity contribution is 5.80. The van der Waals surface area contributed by atoms with Gasteiger partial charge in [-0.1, -0.05) is 12.2 Å². The molecule has 2 saturated heterocycles. The third kappa shape index (κ3) is 4.37. The van der Waals surface area contributed by atoms with E-state index in [4.69, 9.17) is 0 Å². The molecule has 0 aromatic heterocycles. The summed E-state index contributed by atoms with van der Waals surface area (Å²) in [4.78, 5) is 31.5. The van der Waals surface area contributed by atoms with Gasteiger partial charge in [-0.2, -0.15) is 0 Å². The maximum Gasteiger partial charge on any atom is 0.236 e. The molecule has 2 aliphatic heterocycles. The number of hydrogen-bond acceptors (Lipinski definition) is 4. The van der Waals surface area contributed by atoms with E-state index in [2.05, 4.69) is 17.1 Å². The van der Waals surface area contributed by atoms with E-state index in [1.807, 2.05) is 23.6 Å². The number of aliphatic hydroxyl groups excluding tert-OH is 1. The maximum atomic E-state index is 12.9. The second kappa shape index (κ2) is 8.74. The van der Waals surface area contributed by atoms with Crippen molar-refractivity contribution in [3.05, 3.63) is 12.2 Å². The van der Waals surface area contributed by atoms with E-state index in [9.17, 15) is 14.7 Å². The highest BCUT2D eigenvalue weighted by Crippen LogP contribution is 2.39. The lowest BCUT2D eigenvalue weighted by Gasteiger charge is -2.51. The van der Waals surface area contributed by atoms with Crippen LogP contribution >= 0.6 is 0 Å². The number of carbonyl (C=O) groups excluding carboxylic acids is 2. The molecule has 152 valence electrons. The van der Waals surface area contributed by atoms with Gasteiger partial charge in [-0.3, -0.25) is 14.5 Å². The van der Waals surface area contributed by atoms with Crippen LogP contribution in [0.4, 0.5) is 0 Å². The summed E-state index contributed by atoms with van der Waals surface area (Å²) in [5.41, 5.74) is -0.290. The quantitative estimate of drug-likeness (QED) is 0.738. The molecule has 3 aliphatic rings. The van der Waals surface area contributed by atoms with Crippen LogP contribution < -0.4 is 0 Å². The molecule has 0 aromatic rings. The second-order valence-electron chi connectivity index (χ2n) is 8.45. The van der Waals surface area contributed by atoms with Crippen molar-refractivity contribution < 1.29 is 14.7 Å². The van der Waals surface area contributed by atoms with E-state index in [1.54, 1.807) is 0 Å². The van der Waals surface area contributed by atoms with Crippen LogP contribution in [0.2, 0.25) is 0 Å². The smallest absolute Gasteiger partial charge is 0.236 e. The van der Waals surface area contributed by atoms with E-state index in [1.165, 1.54) is 0 Å². The Labute approximate surface area is 163 Å². The van der Waals surface area contributed by atoms with Crippen molar-refractivity contribution in [2.45, 2.75) is 52.1 Å². The van der Waals surface area contributed by atoms with Gasteiger partial charge in [0.25, 0.3) is 0 Å². The number of carbonyl (C=O) groups is 2. The molecule has 0 unspecified atom stereocenters. The lowest BCUT2D eigenvalue weighted by Crippen LogP contribution is -2.61. The number of likely N-dealkylation sites (tertiary alicyclic amines) is 2. The normalized spacial score (nSPS) is 29.4. The number of rotatable bonds is 5. The third-order valence-corrected chi connectivity index (χ3v) is 6.72. The molecule has 1 N–H and O–H groups in total. The lowest BCUT2D eigenvalue weighted by atomic mass is 9.71. The minimum absolute atomic E-state index is 0.0845. The Kier molecular flexibility index (Phi) is 6.58. The van der Waals surface area contributed by atoms with Gasteiger partial charge in [-0.05, 0) is 46.0 Å². The highest BCUT2D eigenvalue weighted by atomic mass is 16.3. The topological polar surface area (TPSA) is 64.1 Å². The number of aliphatic hydroxyl groups is 1. The molecule has 0 saturated carbocycles. The van der Waals surface area contributed by atoms with Crippen molar-refractivity contribution in [2.24, 2.45) is 11.3 Å². The molecule has 2 heterocycles. The number of allylic oxidation sites excluding steroid dienone is 2. The van der Waals surface area contributed by atoms with Gasteiger partial charge in [-0.25, -0.2) is 0 Å². The van der Waals surface area contributed by atoms with Crippen molar-refractivity contribution in [3.63, 3.8) is 0 Å². The van der Waals surface area contributed by atoms with Gasteiger partial charge in [0.05, 0.1) is 12.6 Å². The van der Waals surface area contributed by atoms with Crippen LogP contribution in [-0.4, -0.2) is 83.5 Å². The summed E-state index contributed by atoms with van der Waals surface area (Å²) < 4.78 is 0. The summed E-state index contributed by atoms with van der Waals surface area (Å²) in [6.07, 6.45) is 8.02. The Hall–Kier alpha value is -1.40. The van der Waals surface area contributed by atoms with Crippen LogP contribution in [0.1, 0.15) is 46.0 Å². The summed E-state index contributed by atoms with van der Waals surface area (Å²) in [7, 11) is 0. The molecule has 2 atom stereocenters. The molecule has 27 heavy (non-hydrogen) atoms. The molecule has 2 amide bonds. The lowest BCUT2D eigenvalue weighted by molar-refractivity contribution is -0.147. The first-order valence-corrected chi connectivity index (χ1v) is 10.6. The largest absolute Gasteiger partial charge is 0.392 e. The zero-order valence-electron chi connectivity index (χ0n) is 16.9. The number of nitrogens with zero attached hydrogens (tertiary/aromatic N) is 3. The van der Waals surface area contributed by atoms with Crippen molar-refractivity contribution in [3.8, 4) is 0 Å². The highest BCUT2D eigenvalue weighted by Gasteiger charge is 2.47. The monoisotopic (exact) mass is 377 g/mol. The fraction of sp³-hybridized carbons (Fsp3) is 0.810. The molecule has 1 spiro atoms. The zero-order valence-corrected chi connectivity index (χ0v) is 16.9. The van der Waals surface area contributed by atoms with Gasteiger partial charge in [0.1, 0.15) is 0 Å². The molecular formula is C21H35N3O3. The SMILES string of the molecule is CCN(CC)C(=O)CN1CC[C@@H](O)[C@]2(CCCN(C(=O)C3CC=CC3)C2)C1. The predicted molar refractivity (Wildman–Crippen MR) is 105 cm³/mol. The van der Waals surface area contributed by atoms with E-state index in [-0.39, 0.29) is 23.1 Å². The summed E-state index contributed by atoms with van der Waals surface area (Å²) in [6.45, 7) is 8.75. The Morgan fingerprint density at radius 1 is 1.15 bits per heavy atom. The minimum atomic E-state index is -0.394. The molecule has 1 aliphatic carbocycles. The standard InChI is InChI=1S/C21H35N3O3/c1-3-23(4-2)19(26)14-22-13-10-18(25)21(15-22)11-7-12-24(16-21)20(27)17-8-5-6-9-17/h5-6,17-18,25H,3-4,7-16H2,1-2H3/t18-,21-/m1/s1. The van der Waals surface area contributed by atoms with Crippen molar-refractivity contribution >= 4 is 11.8 Å². The van der Waals surface area contributed by atoms with Crippen LogP contribution in [0.25, 0.3) is 0 Å². The van der Waals surface area contributed by atoms with Gasteiger partial charge in [-0.15, -0.1) is 0 Å². The molecule has 6 nitrogen and oxygen atoms in total. The Morgan fingerprint density at radius 2 is 1.85 bits per heavy atom. The molecular weight excluding hydrogens is 342 g/mol. The Morgan fingerprint density at radius 3 is 2.52 bits per heavy atom. The Balaban J connectivity index is 1.65. The number of piperidine rings is 2. The minimum Gasteiger partial charge on any atom is -0.392 e. The first-order valence-electron chi connectivity index (χ1n) is 10.6. The van der Waals surface area contributed by atoms with Crippen LogP contribution in [0.5, 0.6) is 0 Å². The van der Waals surface area contributed by atoms with Crippen LogP contribution in [0, 0.1) is 11.3 Å². The Bertz CT molecular complexity index is 567. The van der Waals surface area contributed by atoms with Gasteiger partial charge >= 0.3 is 0 Å². The predicted octanol–water partition coefficient (Wildman–Crippen LogP) is 1.50. The van der Waals surface area contributed by atoms with Crippen molar-refractivity contribution in [1.29, 1.82) is 0 Å². The molecule has 0 aromatic carbocycles. The van der Waals surface area contributed by atoms with E-state index in [0.717, 1.165) is 51.9 Å². The summed E-state index contributed by atoms with van der Waals surface area (Å²) in [5.74, 6) is 0.483. The van der Waals surface area contributed by atoms with Gasteiger partial charge in [0.2, 0.25) is 11.8 Å². The van der Waals surface area contributed by atoms with Gasteiger partial charge in [0.15, 0.2) is 0 Å². The molecule has 0 bridgehead atoms. The van der Waals surface area contributed by atoms with E-state index in [0.29, 0.717) is 26.1 Å². The van der Waals surface area contributed by atoms with E-state index >= 15 is 0 Å². The molecule has 2 fully saturated rings. The van der Waals surface area contributed by atoms with Gasteiger partial charge in [0, 0.05) is 50.6 Å². The first-order chi connectivity index (χ1) is 13.0. The van der Waals surface area contributed by atoms with Crippen molar-refractivity contribution in [2.75, 3.05) is 45.8 Å². The summed E-state index contributed by atoms with van der Waals surface area (Å²) in [6, 6.07) is 0. The summed E-state index contributed by atoms with van der Waals surface area (Å²) >= 11 is 0. The number of hydrogen-bond donors (Lipinski definition) is 1. The average Bonchev–Trinajstić information content (AvgIpc) is 3.20. The summed E-state index contributed by atoms with van der Waals surface area (Å²) in [5, 5.41) is 10.8. The maximum absolute atomic E-state index is 12.9. The fourth-order valence-corrected chi connectivity index (χ4v) is 5.07. The molecule has 3 rings (SSSR count). The van der Waals surface area contributed by atoms with E-state index < -0.39 is 6.10 Å². The average molecular weight is 378 g/mol.